The van der Waals surface area contributed by atoms with Gasteiger partial charge >= 0.3 is 0 Å². The van der Waals surface area contributed by atoms with Crippen LogP contribution in [0.25, 0.3) is 0 Å². The van der Waals surface area contributed by atoms with Crippen LogP contribution in [0, 0.1) is 0 Å². The first-order valence-corrected chi connectivity index (χ1v) is 7.60. The zero-order valence-electron chi connectivity index (χ0n) is 12.6. The van der Waals surface area contributed by atoms with Crippen molar-refractivity contribution in [3.8, 4) is 5.88 Å². The van der Waals surface area contributed by atoms with E-state index >= 15 is 0 Å². The molecule has 0 bridgehead atoms. The Morgan fingerprint density at radius 2 is 2.05 bits per heavy atom. The molecule has 0 saturated carbocycles. The molecule has 3 nitrogen and oxygen atoms in total. The van der Waals surface area contributed by atoms with Gasteiger partial charge in [-0.05, 0) is 32.4 Å². The molecule has 108 valence electrons. The maximum Gasteiger partial charge on any atom is 0.218 e. The summed E-state index contributed by atoms with van der Waals surface area (Å²) < 4.78 is 5.83. The maximum atomic E-state index is 5.83. The van der Waals surface area contributed by atoms with Gasteiger partial charge in [-0.3, -0.25) is 0 Å². The average molecular weight is 264 g/mol. The summed E-state index contributed by atoms with van der Waals surface area (Å²) in [6.07, 6.45) is 7.83. The molecule has 0 spiro atoms. The lowest BCUT2D eigenvalue weighted by molar-refractivity contribution is 0.287. The monoisotopic (exact) mass is 264 g/mol. The lowest BCUT2D eigenvalue weighted by Crippen LogP contribution is -2.20. The fourth-order valence-corrected chi connectivity index (χ4v) is 2.02. The predicted molar refractivity (Wildman–Crippen MR) is 80.6 cm³/mol. The van der Waals surface area contributed by atoms with E-state index in [0.29, 0.717) is 6.04 Å². The van der Waals surface area contributed by atoms with E-state index in [2.05, 4.69) is 37.1 Å². The molecule has 1 aromatic rings. The number of nitrogens with zero attached hydrogens (tertiary/aromatic N) is 1. The van der Waals surface area contributed by atoms with E-state index in [1.165, 1.54) is 19.3 Å². The zero-order valence-corrected chi connectivity index (χ0v) is 12.6. The van der Waals surface area contributed by atoms with Gasteiger partial charge in [0.25, 0.3) is 0 Å². The minimum absolute atomic E-state index is 0.291. The molecule has 0 aliphatic heterocycles. The second kappa shape index (κ2) is 9.79. The first-order valence-electron chi connectivity index (χ1n) is 7.60. The van der Waals surface area contributed by atoms with Gasteiger partial charge in [-0.25, -0.2) is 4.98 Å². The Morgan fingerprint density at radius 1 is 1.21 bits per heavy atom. The van der Waals surface area contributed by atoms with Crippen LogP contribution in [0.3, 0.4) is 0 Å². The Bertz CT molecular complexity index is 341. The van der Waals surface area contributed by atoms with Crippen LogP contribution in [0.1, 0.15) is 64.5 Å². The number of rotatable bonds is 10. The lowest BCUT2D eigenvalue weighted by Gasteiger charge is -2.17. The number of nitrogens with one attached hydrogen (secondary N) is 1. The number of hydrogen-bond donors (Lipinski definition) is 1. The molecule has 0 saturated heterocycles. The molecule has 1 atom stereocenters. The Morgan fingerprint density at radius 3 is 2.79 bits per heavy atom. The first kappa shape index (κ1) is 16.0. The summed E-state index contributed by atoms with van der Waals surface area (Å²) in [4.78, 5) is 4.36. The summed E-state index contributed by atoms with van der Waals surface area (Å²) in [7, 11) is 0. The van der Waals surface area contributed by atoms with Crippen LogP contribution >= 0.6 is 0 Å². The normalized spacial score (nSPS) is 12.4. The molecular formula is C16H28N2O. The van der Waals surface area contributed by atoms with Crippen LogP contribution in [0.2, 0.25) is 0 Å². The van der Waals surface area contributed by atoms with E-state index in [1.807, 2.05) is 6.07 Å². The van der Waals surface area contributed by atoms with Crippen LogP contribution in [-0.4, -0.2) is 18.1 Å². The van der Waals surface area contributed by atoms with Gasteiger partial charge < -0.3 is 10.1 Å². The second-order valence-corrected chi connectivity index (χ2v) is 4.98. The quantitative estimate of drug-likeness (QED) is 0.646. The van der Waals surface area contributed by atoms with Gasteiger partial charge in [-0.2, -0.15) is 0 Å². The SMILES string of the molecule is CCCCCCOc1ncccc1C(C)NCCC. The second-order valence-electron chi connectivity index (χ2n) is 4.98. The maximum absolute atomic E-state index is 5.83. The fourth-order valence-electron chi connectivity index (χ4n) is 2.02. The van der Waals surface area contributed by atoms with Crippen molar-refractivity contribution in [2.75, 3.05) is 13.2 Å². The fraction of sp³-hybridized carbons (Fsp3) is 0.688. The number of hydrogen-bond acceptors (Lipinski definition) is 3. The molecule has 0 aliphatic carbocycles. The summed E-state index contributed by atoms with van der Waals surface area (Å²) in [5, 5.41) is 3.48. The van der Waals surface area contributed by atoms with E-state index in [4.69, 9.17) is 4.74 Å². The van der Waals surface area contributed by atoms with E-state index in [-0.39, 0.29) is 0 Å². The van der Waals surface area contributed by atoms with Crippen LogP contribution in [0.5, 0.6) is 5.88 Å². The Labute approximate surface area is 117 Å². The van der Waals surface area contributed by atoms with Crippen molar-refractivity contribution in [3.63, 3.8) is 0 Å². The van der Waals surface area contributed by atoms with E-state index < -0.39 is 0 Å². The lowest BCUT2D eigenvalue weighted by atomic mass is 10.1. The van der Waals surface area contributed by atoms with Gasteiger partial charge in [0.2, 0.25) is 5.88 Å². The molecule has 0 aliphatic rings. The van der Waals surface area contributed by atoms with Crippen molar-refractivity contribution in [3.05, 3.63) is 23.9 Å². The number of ether oxygens (including phenoxy) is 1. The van der Waals surface area contributed by atoms with Crippen molar-refractivity contribution < 1.29 is 4.74 Å². The zero-order chi connectivity index (χ0) is 13.9. The van der Waals surface area contributed by atoms with Crippen molar-refractivity contribution >= 4 is 0 Å². The molecule has 1 N–H and O–H groups in total. The van der Waals surface area contributed by atoms with E-state index in [0.717, 1.165) is 37.4 Å². The first-order chi connectivity index (χ1) is 9.29. The average Bonchev–Trinajstić information content (AvgIpc) is 2.45. The Kier molecular flexibility index (Phi) is 8.23. The number of unbranched alkanes of at least 4 members (excludes halogenated alkanes) is 3. The van der Waals surface area contributed by atoms with Crippen molar-refractivity contribution in [1.29, 1.82) is 0 Å². The van der Waals surface area contributed by atoms with Crippen LogP contribution < -0.4 is 10.1 Å². The summed E-state index contributed by atoms with van der Waals surface area (Å²) in [5.74, 6) is 0.787. The third kappa shape index (κ3) is 6.06. The summed E-state index contributed by atoms with van der Waals surface area (Å²) in [6.45, 7) is 8.35. The summed E-state index contributed by atoms with van der Waals surface area (Å²) in [6, 6.07) is 4.37. The highest BCUT2D eigenvalue weighted by atomic mass is 16.5. The molecule has 1 heterocycles. The Hall–Kier alpha value is -1.09. The van der Waals surface area contributed by atoms with Crippen LogP contribution in [0.15, 0.2) is 18.3 Å². The molecule has 1 unspecified atom stereocenters. The molecule has 0 amide bonds. The molecule has 3 heteroatoms. The molecule has 0 aromatic carbocycles. The minimum Gasteiger partial charge on any atom is -0.477 e. The molecule has 0 fully saturated rings. The topological polar surface area (TPSA) is 34.1 Å². The van der Waals surface area contributed by atoms with Gasteiger partial charge in [-0.1, -0.05) is 39.2 Å². The van der Waals surface area contributed by atoms with Gasteiger partial charge in [0.05, 0.1) is 6.61 Å². The van der Waals surface area contributed by atoms with Crippen molar-refractivity contribution in [2.45, 2.75) is 58.9 Å². The minimum atomic E-state index is 0.291. The molecule has 1 aromatic heterocycles. The molecule has 1 rings (SSSR count). The van der Waals surface area contributed by atoms with E-state index in [1.54, 1.807) is 6.20 Å². The molecule has 19 heavy (non-hydrogen) atoms. The molecular weight excluding hydrogens is 236 g/mol. The van der Waals surface area contributed by atoms with Crippen molar-refractivity contribution in [2.24, 2.45) is 0 Å². The highest BCUT2D eigenvalue weighted by Gasteiger charge is 2.11. The van der Waals surface area contributed by atoms with Crippen LogP contribution in [-0.2, 0) is 0 Å². The highest BCUT2D eigenvalue weighted by molar-refractivity contribution is 5.28. The van der Waals surface area contributed by atoms with Gasteiger partial charge in [-0.15, -0.1) is 0 Å². The summed E-state index contributed by atoms with van der Waals surface area (Å²) >= 11 is 0. The van der Waals surface area contributed by atoms with Crippen LogP contribution in [0.4, 0.5) is 0 Å². The Balaban J connectivity index is 2.47. The van der Waals surface area contributed by atoms with E-state index in [9.17, 15) is 0 Å². The smallest absolute Gasteiger partial charge is 0.218 e. The number of aromatic nitrogens is 1. The largest absolute Gasteiger partial charge is 0.477 e. The van der Waals surface area contributed by atoms with Gasteiger partial charge in [0.15, 0.2) is 0 Å². The third-order valence-corrected chi connectivity index (χ3v) is 3.20. The standard InChI is InChI=1S/C16H28N2O/c1-4-6-7-8-13-19-16-15(10-9-12-18-16)14(3)17-11-5-2/h9-10,12,14,17H,4-8,11,13H2,1-3H3. The predicted octanol–water partition coefficient (Wildman–Crippen LogP) is 4.10. The van der Waals surface area contributed by atoms with Gasteiger partial charge in [0.1, 0.15) is 0 Å². The third-order valence-electron chi connectivity index (χ3n) is 3.20. The number of pyridine rings is 1. The summed E-state index contributed by atoms with van der Waals surface area (Å²) in [5.41, 5.74) is 1.16. The van der Waals surface area contributed by atoms with Crippen molar-refractivity contribution in [1.82, 2.24) is 10.3 Å². The highest BCUT2D eigenvalue weighted by Crippen LogP contribution is 2.22. The molecule has 0 radical (unpaired) electrons. The van der Waals surface area contributed by atoms with Gasteiger partial charge in [0, 0.05) is 17.8 Å².